The van der Waals surface area contributed by atoms with Crippen molar-refractivity contribution in [2.75, 3.05) is 6.54 Å². The second kappa shape index (κ2) is 3.96. The topological polar surface area (TPSA) is 92.4 Å². The van der Waals surface area contributed by atoms with Crippen molar-refractivity contribution in [2.24, 2.45) is 11.1 Å². The van der Waals surface area contributed by atoms with Crippen LogP contribution in [0.1, 0.15) is 27.7 Å². The number of amides is 2. The third-order valence-electron chi connectivity index (χ3n) is 1.91. The van der Waals surface area contributed by atoms with Crippen molar-refractivity contribution in [2.45, 2.75) is 33.3 Å². The summed E-state index contributed by atoms with van der Waals surface area (Å²) in [4.78, 5) is 22.1. The normalized spacial score (nSPS) is 12.4. The van der Waals surface area contributed by atoms with E-state index in [9.17, 15) is 14.7 Å². The van der Waals surface area contributed by atoms with Crippen LogP contribution in [0.3, 0.4) is 0 Å². The monoisotopic (exact) mass is 202 g/mol. The molecule has 0 fully saturated rings. The molecular weight excluding hydrogens is 184 g/mol. The molecule has 0 spiro atoms. The lowest BCUT2D eigenvalue weighted by molar-refractivity contribution is -0.137. The quantitative estimate of drug-likeness (QED) is 0.567. The molecule has 4 N–H and O–H groups in total. The highest BCUT2D eigenvalue weighted by molar-refractivity contribution is 5.85. The van der Waals surface area contributed by atoms with Crippen LogP contribution in [-0.4, -0.2) is 29.1 Å². The van der Waals surface area contributed by atoms with Crippen LogP contribution in [0.2, 0.25) is 0 Å². The van der Waals surface area contributed by atoms with Gasteiger partial charge in [-0.1, -0.05) is 0 Å². The fourth-order valence-electron chi connectivity index (χ4n) is 0.605. The predicted octanol–water partition coefficient (Wildman–Crippen LogP) is -0.615. The fraction of sp³-hybridized carbons (Fsp3) is 0.778. The van der Waals surface area contributed by atoms with E-state index in [1.54, 1.807) is 13.8 Å². The van der Waals surface area contributed by atoms with Crippen LogP contribution in [0.5, 0.6) is 0 Å². The number of hydrogen-bond acceptors (Lipinski definition) is 3. The van der Waals surface area contributed by atoms with E-state index in [0.717, 1.165) is 0 Å². The Labute approximate surface area is 83.7 Å². The SMILES string of the molecule is CC(C)(O)C(=O)NCC(C)(C)C(N)=O. The molecule has 0 aliphatic rings. The van der Waals surface area contributed by atoms with Crippen molar-refractivity contribution in [3.05, 3.63) is 0 Å². The summed E-state index contributed by atoms with van der Waals surface area (Å²) in [6.45, 7) is 6.12. The molecule has 0 aromatic heterocycles. The summed E-state index contributed by atoms with van der Waals surface area (Å²) in [5.74, 6) is -1.01. The van der Waals surface area contributed by atoms with E-state index in [1.165, 1.54) is 13.8 Å². The molecule has 2 amide bonds. The van der Waals surface area contributed by atoms with Gasteiger partial charge < -0.3 is 16.2 Å². The first-order valence-corrected chi connectivity index (χ1v) is 4.38. The van der Waals surface area contributed by atoms with Crippen molar-refractivity contribution in [3.63, 3.8) is 0 Å². The molecule has 5 nitrogen and oxygen atoms in total. The average Bonchev–Trinajstić information content (AvgIpc) is 1.98. The van der Waals surface area contributed by atoms with Crippen LogP contribution in [0.4, 0.5) is 0 Å². The molecule has 0 saturated carbocycles. The van der Waals surface area contributed by atoms with E-state index in [2.05, 4.69) is 5.32 Å². The Morgan fingerprint density at radius 3 is 2.00 bits per heavy atom. The minimum Gasteiger partial charge on any atom is -0.381 e. The number of carbonyl (C=O) groups excluding carboxylic acids is 2. The molecule has 0 aliphatic carbocycles. The van der Waals surface area contributed by atoms with Gasteiger partial charge in [0.2, 0.25) is 5.91 Å². The van der Waals surface area contributed by atoms with Crippen LogP contribution >= 0.6 is 0 Å². The predicted molar refractivity (Wildman–Crippen MR) is 52.3 cm³/mol. The highest BCUT2D eigenvalue weighted by Crippen LogP contribution is 2.12. The Balaban J connectivity index is 4.21. The first-order valence-electron chi connectivity index (χ1n) is 4.38. The summed E-state index contributed by atoms with van der Waals surface area (Å²) in [5, 5.41) is 11.7. The standard InChI is InChI=1S/C9H18N2O3/c1-8(2,6(10)12)5-11-7(13)9(3,4)14/h14H,5H2,1-4H3,(H2,10,12)(H,11,13). The number of nitrogens with one attached hydrogen (secondary N) is 1. The van der Waals surface area contributed by atoms with E-state index in [0.29, 0.717) is 0 Å². The summed E-state index contributed by atoms with van der Waals surface area (Å²) in [7, 11) is 0. The van der Waals surface area contributed by atoms with Gasteiger partial charge in [0.1, 0.15) is 5.60 Å². The highest BCUT2D eigenvalue weighted by Gasteiger charge is 2.29. The molecule has 0 bridgehead atoms. The van der Waals surface area contributed by atoms with Crippen LogP contribution in [0.25, 0.3) is 0 Å². The van der Waals surface area contributed by atoms with E-state index >= 15 is 0 Å². The summed E-state index contributed by atoms with van der Waals surface area (Å²) in [6, 6.07) is 0. The second-order valence-electron chi connectivity index (χ2n) is 4.49. The molecular formula is C9H18N2O3. The molecule has 0 saturated heterocycles. The van der Waals surface area contributed by atoms with E-state index < -0.39 is 22.8 Å². The van der Waals surface area contributed by atoms with Gasteiger partial charge in [-0.3, -0.25) is 9.59 Å². The number of carbonyl (C=O) groups is 2. The number of nitrogens with two attached hydrogens (primary N) is 1. The first-order chi connectivity index (χ1) is 6.07. The van der Waals surface area contributed by atoms with E-state index in [-0.39, 0.29) is 6.54 Å². The molecule has 0 aromatic rings. The number of rotatable bonds is 4. The Morgan fingerprint density at radius 1 is 1.29 bits per heavy atom. The maximum Gasteiger partial charge on any atom is 0.251 e. The van der Waals surface area contributed by atoms with E-state index in [4.69, 9.17) is 5.73 Å². The second-order valence-corrected chi connectivity index (χ2v) is 4.49. The van der Waals surface area contributed by atoms with Crippen LogP contribution < -0.4 is 11.1 Å². The van der Waals surface area contributed by atoms with Gasteiger partial charge in [-0.05, 0) is 27.7 Å². The zero-order valence-electron chi connectivity index (χ0n) is 9.05. The van der Waals surface area contributed by atoms with Gasteiger partial charge in [-0.15, -0.1) is 0 Å². The molecule has 5 heteroatoms. The Hall–Kier alpha value is -1.10. The Kier molecular flexibility index (Phi) is 3.65. The molecule has 0 rings (SSSR count). The van der Waals surface area contributed by atoms with Crippen molar-refractivity contribution in [1.29, 1.82) is 0 Å². The van der Waals surface area contributed by atoms with Gasteiger partial charge in [-0.2, -0.15) is 0 Å². The largest absolute Gasteiger partial charge is 0.381 e. The first kappa shape index (κ1) is 12.9. The zero-order valence-corrected chi connectivity index (χ0v) is 9.05. The molecule has 0 atom stereocenters. The van der Waals surface area contributed by atoms with Crippen molar-refractivity contribution < 1.29 is 14.7 Å². The molecule has 0 unspecified atom stereocenters. The maximum absolute atomic E-state index is 11.2. The third-order valence-corrected chi connectivity index (χ3v) is 1.91. The Morgan fingerprint density at radius 2 is 1.71 bits per heavy atom. The average molecular weight is 202 g/mol. The fourth-order valence-corrected chi connectivity index (χ4v) is 0.605. The van der Waals surface area contributed by atoms with Crippen molar-refractivity contribution in [1.82, 2.24) is 5.32 Å². The lowest BCUT2D eigenvalue weighted by atomic mass is 9.92. The van der Waals surface area contributed by atoms with Crippen molar-refractivity contribution >= 4 is 11.8 Å². The van der Waals surface area contributed by atoms with Crippen molar-refractivity contribution in [3.8, 4) is 0 Å². The van der Waals surface area contributed by atoms with Gasteiger partial charge in [0.25, 0.3) is 5.91 Å². The summed E-state index contributed by atoms with van der Waals surface area (Å²) < 4.78 is 0. The maximum atomic E-state index is 11.2. The lowest BCUT2D eigenvalue weighted by Crippen LogP contribution is -2.48. The van der Waals surface area contributed by atoms with Crippen LogP contribution in [-0.2, 0) is 9.59 Å². The van der Waals surface area contributed by atoms with Crippen LogP contribution in [0.15, 0.2) is 0 Å². The molecule has 0 aromatic carbocycles. The molecule has 0 aliphatic heterocycles. The molecule has 0 radical (unpaired) electrons. The minimum absolute atomic E-state index is 0.116. The van der Waals surface area contributed by atoms with Crippen LogP contribution in [0, 0.1) is 5.41 Å². The van der Waals surface area contributed by atoms with Gasteiger partial charge in [0.15, 0.2) is 0 Å². The van der Waals surface area contributed by atoms with Gasteiger partial charge in [-0.25, -0.2) is 0 Å². The number of primary amides is 1. The summed E-state index contributed by atoms with van der Waals surface area (Å²) in [6.07, 6.45) is 0. The highest BCUT2D eigenvalue weighted by atomic mass is 16.3. The number of aliphatic hydroxyl groups is 1. The molecule has 82 valence electrons. The smallest absolute Gasteiger partial charge is 0.251 e. The summed E-state index contributed by atoms with van der Waals surface area (Å²) in [5.41, 5.74) is 2.87. The zero-order chi connectivity index (χ0) is 11.6. The molecule has 14 heavy (non-hydrogen) atoms. The summed E-state index contributed by atoms with van der Waals surface area (Å²) >= 11 is 0. The van der Waals surface area contributed by atoms with Gasteiger partial charge >= 0.3 is 0 Å². The Bertz CT molecular complexity index is 241. The van der Waals surface area contributed by atoms with E-state index in [1.807, 2.05) is 0 Å². The third kappa shape index (κ3) is 3.74. The minimum atomic E-state index is -1.44. The number of hydrogen-bond donors (Lipinski definition) is 3. The molecule has 0 heterocycles. The van der Waals surface area contributed by atoms with Gasteiger partial charge in [0, 0.05) is 6.54 Å². The van der Waals surface area contributed by atoms with Gasteiger partial charge in [0.05, 0.1) is 5.41 Å². The lowest BCUT2D eigenvalue weighted by Gasteiger charge is -2.23.